The van der Waals surface area contributed by atoms with E-state index in [2.05, 4.69) is 55.1 Å². The van der Waals surface area contributed by atoms with Gasteiger partial charge in [0, 0.05) is 18.1 Å². The molecule has 0 aliphatic rings. The summed E-state index contributed by atoms with van der Waals surface area (Å²) in [7, 11) is 0. The predicted molar refractivity (Wildman–Crippen MR) is 194 cm³/mol. The van der Waals surface area contributed by atoms with Crippen molar-refractivity contribution in [1.82, 2.24) is 0 Å². The van der Waals surface area contributed by atoms with Crippen LogP contribution in [-0.4, -0.2) is 0 Å². The molecule has 0 spiro atoms. The van der Waals surface area contributed by atoms with Crippen LogP contribution in [0.4, 0.5) is 0 Å². The molecule has 250 valence electrons. The van der Waals surface area contributed by atoms with Crippen molar-refractivity contribution in [3.8, 4) is 0 Å². The Labute approximate surface area is 272 Å². The lowest BCUT2D eigenvalue weighted by Gasteiger charge is -2.04. The molecule has 43 heavy (non-hydrogen) atoms. The summed E-state index contributed by atoms with van der Waals surface area (Å²) >= 11 is 0. The first-order chi connectivity index (χ1) is 21.4. The molecule has 0 N–H and O–H groups in total. The van der Waals surface area contributed by atoms with Crippen molar-refractivity contribution in [2.24, 2.45) is 0 Å². The van der Waals surface area contributed by atoms with Crippen LogP contribution in [0.1, 0.15) is 218 Å². The molecule has 1 heteroatoms. The maximum absolute atomic E-state index is 2.44. The summed E-state index contributed by atoms with van der Waals surface area (Å²) in [5.41, 5.74) is 1.54. The maximum Gasteiger partial charge on any atom is 0.171 e. The summed E-state index contributed by atoms with van der Waals surface area (Å²) in [5.74, 6) is 0. The number of unbranched alkanes of at least 4 members (excludes halogenated alkanes) is 28. The smallest absolute Gasteiger partial charge is 0.171 e. The summed E-state index contributed by atoms with van der Waals surface area (Å²) in [6.45, 7) is 5.79. The van der Waals surface area contributed by atoms with Gasteiger partial charge in [0.2, 0.25) is 0 Å². The van der Waals surface area contributed by atoms with E-state index in [1.165, 1.54) is 218 Å². The van der Waals surface area contributed by atoms with Crippen molar-refractivity contribution < 1.29 is 4.57 Å². The van der Waals surface area contributed by atoms with Crippen LogP contribution in [0.25, 0.3) is 0 Å². The van der Waals surface area contributed by atoms with Gasteiger partial charge in [-0.25, -0.2) is 4.57 Å². The minimum atomic E-state index is 1.19. The fraction of sp³-hybridized carbons (Fsp3) is 0.833. The Kier molecular flexibility index (Phi) is 31.4. The molecule has 1 nitrogen and oxygen atoms in total. The third-order valence-electron chi connectivity index (χ3n) is 9.42. The molecule has 0 saturated carbocycles. The van der Waals surface area contributed by atoms with Gasteiger partial charge in [-0.15, -0.1) is 0 Å². The fourth-order valence-corrected chi connectivity index (χ4v) is 6.46. The van der Waals surface area contributed by atoms with Gasteiger partial charge >= 0.3 is 0 Å². The lowest BCUT2D eigenvalue weighted by molar-refractivity contribution is -0.697. The zero-order valence-electron chi connectivity index (χ0n) is 29.7. The van der Waals surface area contributed by atoms with Crippen molar-refractivity contribution in [1.29, 1.82) is 0 Å². The van der Waals surface area contributed by atoms with Gasteiger partial charge in [0.05, 0.1) is 0 Å². The van der Waals surface area contributed by atoms with E-state index in [-0.39, 0.29) is 0 Å². The Balaban J connectivity index is 1.86. The van der Waals surface area contributed by atoms with Crippen LogP contribution in [0.3, 0.4) is 0 Å². The van der Waals surface area contributed by atoms with Crippen molar-refractivity contribution >= 4 is 0 Å². The topological polar surface area (TPSA) is 3.88 Å². The standard InChI is InChI=1S/C42H78N/c1-3-5-7-9-11-13-15-17-19-21-22-24-26-28-30-32-34-37-42-38-36-40-43(41-42)39-35-33-31-29-27-25-23-20-18-16-14-12-10-8-6-4-2/h18,20,36,38,40-41H,3-17,19,21-35,37,39H2,1-2H3/q+1/b20-18-. The zero-order chi connectivity index (χ0) is 30.7. The third-order valence-corrected chi connectivity index (χ3v) is 9.42. The Morgan fingerprint density at radius 3 is 1.26 bits per heavy atom. The molecule has 1 aromatic rings. The lowest BCUT2D eigenvalue weighted by Crippen LogP contribution is -2.33. The maximum atomic E-state index is 2.44. The van der Waals surface area contributed by atoms with Crippen LogP contribution in [-0.2, 0) is 13.0 Å². The van der Waals surface area contributed by atoms with Gasteiger partial charge in [0.25, 0.3) is 0 Å². The van der Waals surface area contributed by atoms with Crippen LogP contribution in [0.15, 0.2) is 36.7 Å². The Hall–Kier alpha value is -1.11. The summed E-state index contributed by atoms with van der Waals surface area (Å²) in [6.07, 6.45) is 54.8. The summed E-state index contributed by atoms with van der Waals surface area (Å²) < 4.78 is 2.44. The first-order valence-electron chi connectivity index (χ1n) is 20.0. The zero-order valence-corrected chi connectivity index (χ0v) is 29.7. The number of hydrogen-bond acceptors (Lipinski definition) is 0. The molecule has 0 fully saturated rings. The fourth-order valence-electron chi connectivity index (χ4n) is 6.46. The minimum absolute atomic E-state index is 1.19. The lowest BCUT2D eigenvalue weighted by atomic mass is 10.0. The normalized spacial score (nSPS) is 11.7. The van der Waals surface area contributed by atoms with E-state index in [9.17, 15) is 0 Å². The van der Waals surface area contributed by atoms with Crippen molar-refractivity contribution in [3.05, 3.63) is 42.2 Å². The molecular weight excluding hydrogens is 518 g/mol. The number of hydrogen-bond donors (Lipinski definition) is 0. The molecule has 0 atom stereocenters. The highest BCUT2D eigenvalue weighted by Gasteiger charge is 2.03. The minimum Gasteiger partial charge on any atom is -0.205 e. The molecule has 0 bridgehead atoms. The quantitative estimate of drug-likeness (QED) is 0.0423. The molecule has 0 unspecified atom stereocenters. The molecule has 1 rings (SSSR count). The Morgan fingerprint density at radius 2 is 0.814 bits per heavy atom. The highest BCUT2D eigenvalue weighted by Crippen LogP contribution is 2.15. The number of nitrogens with zero attached hydrogens (tertiary/aromatic N) is 1. The molecule has 0 aliphatic carbocycles. The van der Waals surface area contributed by atoms with E-state index in [0.29, 0.717) is 0 Å². The van der Waals surface area contributed by atoms with Crippen LogP contribution < -0.4 is 4.57 Å². The average molecular weight is 597 g/mol. The van der Waals surface area contributed by atoms with Crippen molar-refractivity contribution in [2.75, 3.05) is 0 Å². The van der Waals surface area contributed by atoms with Gasteiger partial charge in [-0.1, -0.05) is 180 Å². The van der Waals surface area contributed by atoms with Crippen molar-refractivity contribution in [3.63, 3.8) is 0 Å². The summed E-state index contributed by atoms with van der Waals surface area (Å²) in [5, 5.41) is 0. The largest absolute Gasteiger partial charge is 0.205 e. The molecule has 0 aliphatic heterocycles. The average Bonchev–Trinajstić information content (AvgIpc) is 3.02. The summed E-state index contributed by atoms with van der Waals surface area (Å²) in [6, 6.07) is 4.61. The Bertz CT molecular complexity index is 692. The number of allylic oxidation sites excluding steroid dienone is 2. The monoisotopic (exact) mass is 597 g/mol. The second kappa shape index (κ2) is 33.8. The predicted octanol–water partition coefficient (Wildman–Crippen LogP) is 14.2. The molecule has 1 heterocycles. The highest BCUT2D eigenvalue weighted by molar-refractivity contribution is 5.05. The molecule has 0 radical (unpaired) electrons. The first kappa shape index (κ1) is 39.9. The third kappa shape index (κ3) is 29.4. The molecular formula is C42H78N+. The highest BCUT2D eigenvalue weighted by atomic mass is 14.9. The Morgan fingerprint density at radius 1 is 0.442 bits per heavy atom. The van der Waals surface area contributed by atoms with Gasteiger partial charge < -0.3 is 0 Å². The van der Waals surface area contributed by atoms with Gasteiger partial charge in [0.15, 0.2) is 12.4 Å². The molecule has 0 aromatic carbocycles. The summed E-state index contributed by atoms with van der Waals surface area (Å²) in [4.78, 5) is 0. The van der Waals surface area contributed by atoms with E-state index in [0.717, 1.165) is 0 Å². The van der Waals surface area contributed by atoms with Gasteiger partial charge in [-0.05, 0) is 51.0 Å². The van der Waals surface area contributed by atoms with Crippen LogP contribution >= 0.6 is 0 Å². The molecule has 0 saturated heterocycles. The number of aryl methyl sites for hydroxylation is 2. The number of pyridine rings is 1. The van der Waals surface area contributed by atoms with E-state index < -0.39 is 0 Å². The van der Waals surface area contributed by atoms with Gasteiger partial charge in [0.1, 0.15) is 6.54 Å². The van der Waals surface area contributed by atoms with E-state index in [4.69, 9.17) is 0 Å². The second-order valence-corrected chi connectivity index (χ2v) is 13.8. The van der Waals surface area contributed by atoms with E-state index in [1.54, 1.807) is 0 Å². The van der Waals surface area contributed by atoms with Crippen LogP contribution in [0.2, 0.25) is 0 Å². The van der Waals surface area contributed by atoms with E-state index >= 15 is 0 Å². The van der Waals surface area contributed by atoms with Gasteiger partial charge in [-0.3, -0.25) is 0 Å². The molecule has 0 amide bonds. The van der Waals surface area contributed by atoms with Gasteiger partial charge in [-0.2, -0.15) is 0 Å². The molecule has 1 aromatic heterocycles. The number of aromatic nitrogens is 1. The van der Waals surface area contributed by atoms with Crippen molar-refractivity contribution in [2.45, 2.75) is 226 Å². The van der Waals surface area contributed by atoms with Crippen LogP contribution in [0.5, 0.6) is 0 Å². The second-order valence-electron chi connectivity index (χ2n) is 13.8. The first-order valence-corrected chi connectivity index (χ1v) is 20.0. The number of rotatable bonds is 34. The SMILES string of the molecule is CCCCCCCC/C=C\CCCCCCCC[n+]1cccc(CCCCCCCCCCCCCCCCCCC)c1. The van der Waals surface area contributed by atoms with Crippen LogP contribution in [0, 0.1) is 0 Å². The van der Waals surface area contributed by atoms with E-state index in [1.807, 2.05) is 0 Å².